The molecule has 2 aromatic heterocycles. The van der Waals surface area contributed by atoms with E-state index in [1.54, 1.807) is 36.5 Å². The quantitative estimate of drug-likeness (QED) is 0.636. The zero-order chi connectivity index (χ0) is 20.4. The molecule has 29 heavy (non-hydrogen) atoms. The number of nitrogens with one attached hydrogen (secondary N) is 1. The number of nitrogens with zero attached hydrogens (tertiary/aromatic N) is 2. The third-order valence-corrected chi connectivity index (χ3v) is 5.75. The molecule has 9 heteroatoms. The van der Waals surface area contributed by atoms with Gasteiger partial charge in [-0.05, 0) is 30.3 Å². The molecule has 0 spiro atoms. The van der Waals surface area contributed by atoms with Crippen molar-refractivity contribution in [1.82, 2.24) is 9.88 Å². The molecule has 1 aliphatic rings. The van der Waals surface area contributed by atoms with Crippen LogP contribution in [0.2, 0.25) is 5.02 Å². The molecular weight excluding hydrogens is 414 g/mol. The van der Waals surface area contributed by atoms with Crippen molar-refractivity contribution in [3.05, 3.63) is 52.8 Å². The number of methoxy groups -OCH3 is 1. The molecule has 0 aliphatic carbocycles. The maximum absolute atomic E-state index is 12.6. The molecule has 0 saturated carbocycles. The molecule has 2 amide bonds. The summed E-state index contributed by atoms with van der Waals surface area (Å²) in [5, 5.41) is 5.63. The van der Waals surface area contributed by atoms with Gasteiger partial charge in [-0.15, -0.1) is 11.3 Å². The van der Waals surface area contributed by atoms with Crippen LogP contribution < -0.4 is 10.1 Å². The van der Waals surface area contributed by atoms with Gasteiger partial charge in [-0.3, -0.25) is 9.59 Å². The number of hydrogen-bond donors (Lipinski definition) is 1. The molecular formula is C20H18ClN3O4S. The van der Waals surface area contributed by atoms with E-state index in [0.29, 0.717) is 40.4 Å². The second-order valence-corrected chi connectivity index (χ2v) is 7.90. The molecule has 1 aromatic carbocycles. The Labute approximate surface area is 176 Å². The van der Waals surface area contributed by atoms with Crippen LogP contribution >= 0.6 is 22.9 Å². The number of carbonyl (C=O) groups excluding carboxylic acids is 2. The molecule has 3 aromatic rings. The second-order valence-electron chi connectivity index (χ2n) is 6.63. The van der Waals surface area contributed by atoms with E-state index in [2.05, 4.69) is 10.3 Å². The van der Waals surface area contributed by atoms with Crippen LogP contribution in [-0.2, 0) is 16.1 Å². The van der Waals surface area contributed by atoms with Gasteiger partial charge in [0.15, 0.2) is 5.13 Å². The highest BCUT2D eigenvalue weighted by molar-refractivity contribution is 7.14. The van der Waals surface area contributed by atoms with Crippen LogP contribution in [0.15, 0.2) is 46.4 Å². The predicted octanol–water partition coefficient (Wildman–Crippen LogP) is 4.05. The van der Waals surface area contributed by atoms with Gasteiger partial charge in [-0.1, -0.05) is 11.6 Å². The molecule has 1 atom stereocenters. The van der Waals surface area contributed by atoms with Crippen LogP contribution in [-0.4, -0.2) is 35.4 Å². The van der Waals surface area contributed by atoms with Crippen molar-refractivity contribution < 1.29 is 18.7 Å². The highest BCUT2D eigenvalue weighted by Crippen LogP contribution is 2.32. The Hall–Kier alpha value is -2.84. The van der Waals surface area contributed by atoms with Crippen molar-refractivity contribution >= 4 is 39.9 Å². The molecule has 1 N–H and O–H groups in total. The molecule has 1 fully saturated rings. The fourth-order valence-corrected chi connectivity index (χ4v) is 4.17. The molecule has 1 saturated heterocycles. The third kappa shape index (κ3) is 4.28. The smallest absolute Gasteiger partial charge is 0.231 e. The maximum atomic E-state index is 12.6. The third-order valence-electron chi connectivity index (χ3n) is 4.69. The fraction of sp³-hybridized carbons (Fsp3) is 0.250. The number of benzene rings is 1. The number of amides is 2. The van der Waals surface area contributed by atoms with Crippen molar-refractivity contribution in [3.63, 3.8) is 0 Å². The van der Waals surface area contributed by atoms with E-state index >= 15 is 0 Å². The molecule has 0 radical (unpaired) electrons. The van der Waals surface area contributed by atoms with E-state index in [1.165, 1.54) is 11.3 Å². The Balaban J connectivity index is 1.39. The van der Waals surface area contributed by atoms with E-state index < -0.39 is 5.92 Å². The minimum absolute atomic E-state index is 0.0609. The number of hydrogen-bond acceptors (Lipinski definition) is 6. The average molecular weight is 432 g/mol. The Morgan fingerprint density at radius 1 is 1.45 bits per heavy atom. The van der Waals surface area contributed by atoms with Crippen molar-refractivity contribution in [2.24, 2.45) is 5.92 Å². The summed E-state index contributed by atoms with van der Waals surface area (Å²) >= 11 is 7.49. The van der Waals surface area contributed by atoms with E-state index in [4.69, 9.17) is 20.8 Å². The van der Waals surface area contributed by atoms with Crippen molar-refractivity contribution in [2.75, 3.05) is 19.0 Å². The number of ether oxygens (including phenoxy) is 1. The monoisotopic (exact) mass is 431 g/mol. The van der Waals surface area contributed by atoms with Crippen LogP contribution in [0, 0.1) is 5.92 Å². The minimum atomic E-state index is -0.416. The summed E-state index contributed by atoms with van der Waals surface area (Å²) in [4.78, 5) is 30.9. The van der Waals surface area contributed by atoms with Gasteiger partial charge in [0.1, 0.15) is 11.5 Å². The number of aromatic nitrogens is 1. The normalized spacial score (nSPS) is 16.3. The first-order valence-electron chi connectivity index (χ1n) is 8.94. The highest BCUT2D eigenvalue weighted by Gasteiger charge is 2.35. The standard InChI is InChI=1S/C20H18ClN3O4S/c1-27-17-5-4-12(7-15(17)21)16-11-29-20(22-16)23-19(26)13-8-18(25)24(9-13)10-14-3-2-6-28-14/h2-7,11,13H,8-10H2,1H3,(H,22,23,26). The lowest BCUT2D eigenvalue weighted by Gasteiger charge is -2.14. The molecule has 1 aliphatic heterocycles. The molecule has 1 unspecified atom stereocenters. The first kappa shape index (κ1) is 19.5. The average Bonchev–Trinajstić information content (AvgIpc) is 3.45. The van der Waals surface area contributed by atoms with E-state index in [-0.39, 0.29) is 18.2 Å². The lowest BCUT2D eigenvalue weighted by atomic mass is 10.1. The summed E-state index contributed by atoms with van der Waals surface area (Å²) in [6.45, 7) is 0.729. The van der Waals surface area contributed by atoms with Gasteiger partial charge in [0.25, 0.3) is 0 Å². The SMILES string of the molecule is COc1ccc(-c2csc(NC(=O)C3CC(=O)N(Cc4ccco4)C3)n2)cc1Cl. The van der Waals surface area contributed by atoms with Crippen LogP contribution in [0.1, 0.15) is 12.2 Å². The Bertz CT molecular complexity index is 1030. The molecule has 3 heterocycles. The van der Waals surface area contributed by atoms with Crippen molar-refractivity contribution in [1.29, 1.82) is 0 Å². The number of thiazole rings is 1. The largest absolute Gasteiger partial charge is 0.495 e. The molecule has 150 valence electrons. The molecule has 4 rings (SSSR count). The summed E-state index contributed by atoms with van der Waals surface area (Å²) in [6.07, 6.45) is 1.75. The van der Waals surface area contributed by atoms with Gasteiger partial charge in [0, 0.05) is 23.9 Å². The zero-order valence-electron chi connectivity index (χ0n) is 15.6. The molecule has 7 nitrogen and oxygen atoms in total. The van der Waals surface area contributed by atoms with Crippen LogP contribution in [0.25, 0.3) is 11.3 Å². The Kier molecular flexibility index (Phi) is 5.55. The zero-order valence-corrected chi connectivity index (χ0v) is 17.1. The highest BCUT2D eigenvalue weighted by atomic mass is 35.5. The summed E-state index contributed by atoms with van der Waals surface area (Å²) in [7, 11) is 1.56. The van der Waals surface area contributed by atoms with Crippen molar-refractivity contribution in [2.45, 2.75) is 13.0 Å². The summed E-state index contributed by atoms with van der Waals surface area (Å²) in [5.74, 6) is 0.592. The first-order chi connectivity index (χ1) is 14.0. The van der Waals surface area contributed by atoms with E-state index in [9.17, 15) is 9.59 Å². The lowest BCUT2D eigenvalue weighted by molar-refractivity contribution is -0.128. The minimum Gasteiger partial charge on any atom is -0.495 e. The van der Waals surface area contributed by atoms with Gasteiger partial charge in [-0.2, -0.15) is 0 Å². The number of rotatable bonds is 6. The van der Waals surface area contributed by atoms with Crippen LogP contribution in [0.3, 0.4) is 0 Å². The number of furan rings is 1. The fourth-order valence-electron chi connectivity index (χ4n) is 3.19. The van der Waals surface area contributed by atoms with Gasteiger partial charge < -0.3 is 19.4 Å². The Morgan fingerprint density at radius 2 is 2.31 bits per heavy atom. The Morgan fingerprint density at radius 3 is 3.03 bits per heavy atom. The topological polar surface area (TPSA) is 84.7 Å². The van der Waals surface area contributed by atoms with E-state index in [1.807, 2.05) is 17.5 Å². The summed E-state index contributed by atoms with van der Waals surface area (Å²) in [5.41, 5.74) is 1.53. The van der Waals surface area contributed by atoms with Gasteiger partial charge >= 0.3 is 0 Å². The van der Waals surface area contributed by atoms with Gasteiger partial charge in [0.05, 0.1) is 36.6 Å². The number of anilines is 1. The number of halogens is 1. The number of carbonyl (C=O) groups is 2. The van der Waals surface area contributed by atoms with Crippen LogP contribution in [0.5, 0.6) is 5.75 Å². The van der Waals surface area contributed by atoms with Crippen molar-refractivity contribution in [3.8, 4) is 17.0 Å². The first-order valence-corrected chi connectivity index (χ1v) is 10.2. The van der Waals surface area contributed by atoms with Crippen LogP contribution in [0.4, 0.5) is 5.13 Å². The molecule has 0 bridgehead atoms. The van der Waals surface area contributed by atoms with Gasteiger partial charge in [-0.25, -0.2) is 4.98 Å². The summed E-state index contributed by atoms with van der Waals surface area (Å²) < 4.78 is 10.4. The second kappa shape index (κ2) is 8.26. The predicted molar refractivity (Wildman–Crippen MR) is 110 cm³/mol. The van der Waals surface area contributed by atoms with Gasteiger partial charge in [0.2, 0.25) is 11.8 Å². The van der Waals surface area contributed by atoms with E-state index in [0.717, 1.165) is 5.56 Å². The number of likely N-dealkylation sites (tertiary alicyclic amines) is 1. The lowest BCUT2D eigenvalue weighted by Crippen LogP contribution is -2.27. The summed E-state index contributed by atoms with van der Waals surface area (Å²) in [6, 6.07) is 8.98. The maximum Gasteiger partial charge on any atom is 0.231 e.